The van der Waals surface area contributed by atoms with Gasteiger partial charge >= 0.3 is 0 Å². The van der Waals surface area contributed by atoms with Crippen LogP contribution in [0.25, 0.3) is 0 Å². The van der Waals surface area contributed by atoms with E-state index in [4.69, 9.17) is 0 Å². The second-order valence-corrected chi connectivity index (χ2v) is 8.79. The van der Waals surface area contributed by atoms with Crippen molar-refractivity contribution in [1.82, 2.24) is 15.1 Å². The molecule has 2 aliphatic rings. The Morgan fingerprint density at radius 2 is 1.64 bits per heavy atom. The normalized spacial score (nSPS) is 19.1. The molecule has 2 heterocycles. The summed E-state index contributed by atoms with van der Waals surface area (Å²) in [5.41, 5.74) is 3.16. The number of benzene rings is 2. The van der Waals surface area contributed by atoms with Crippen LogP contribution >= 0.6 is 0 Å². The van der Waals surface area contributed by atoms with Gasteiger partial charge in [-0.05, 0) is 29.7 Å². The molecule has 7 heteroatoms. The summed E-state index contributed by atoms with van der Waals surface area (Å²) in [6, 6.07) is 17.8. The number of carbonyl (C=O) groups is 3. The van der Waals surface area contributed by atoms with Gasteiger partial charge in [-0.1, -0.05) is 49.4 Å². The van der Waals surface area contributed by atoms with Crippen molar-refractivity contribution in [3.8, 4) is 0 Å². The van der Waals surface area contributed by atoms with Crippen molar-refractivity contribution < 1.29 is 14.4 Å². The third kappa shape index (κ3) is 5.79. The minimum Gasteiger partial charge on any atom is -0.351 e. The van der Waals surface area contributed by atoms with E-state index < -0.39 is 0 Å². The quantitative estimate of drug-likeness (QED) is 0.704. The van der Waals surface area contributed by atoms with Crippen LogP contribution in [0.1, 0.15) is 24.5 Å². The number of nitrogens with zero attached hydrogens (tertiary/aromatic N) is 3. The number of amides is 3. The number of anilines is 1. The smallest absolute Gasteiger partial charge is 0.234 e. The van der Waals surface area contributed by atoms with Crippen molar-refractivity contribution in [1.29, 1.82) is 0 Å². The van der Waals surface area contributed by atoms with Crippen LogP contribution in [-0.4, -0.2) is 66.8 Å². The lowest BCUT2D eigenvalue weighted by molar-refractivity contribution is -0.137. The van der Waals surface area contributed by atoms with E-state index in [9.17, 15) is 14.4 Å². The molecule has 2 fully saturated rings. The minimum atomic E-state index is -0.302. The summed E-state index contributed by atoms with van der Waals surface area (Å²) in [7, 11) is 0. The maximum atomic E-state index is 13.1. The number of hydrogen-bond donors (Lipinski definition) is 1. The number of rotatable bonds is 7. The van der Waals surface area contributed by atoms with E-state index in [1.807, 2.05) is 59.5 Å². The maximum absolute atomic E-state index is 13.1. The molecule has 1 atom stereocenters. The predicted molar refractivity (Wildman–Crippen MR) is 128 cm³/mol. The molecule has 0 radical (unpaired) electrons. The van der Waals surface area contributed by atoms with Gasteiger partial charge in [-0.3, -0.25) is 19.3 Å². The summed E-state index contributed by atoms with van der Waals surface area (Å²) in [4.78, 5) is 43.6. The Hall–Kier alpha value is -3.19. The number of hydrogen-bond acceptors (Lipinski definition) is 4. The highest BCUT2D eigenvalue weighted by Crippen LogP contribution is 2.27. The molecular weight excluding hydrogens is 416 g/mol. The van der Waals surface area contributed by atoms with Gasteiger partial charge in [0.05, 0.1) is 12.5 Å². The second-order valence-electron chi connectivity index (χ2n) is 8.79. The molecule has 0 saturated carbocycles. The van der Waals surface area contributed by atoms with Gasteiger partial charge in [0, 0.05) is 51.4 Å². The van der Waals surface area contributed by atoms with Crippen LogP contribution in [0, 0.1) is 5.92 Å². The first-order chi connectivity index (χ1) is 16.0. The Balaban J connectivity index is 1.22. The zero-order valence-corrected chi connectivity index (χ0v) is 19.2. The van der Waals surface area contributed by atoms with Crippen molar-refractivity contribution in [2.45, 2.75) is 26.3 Å². The number of nitrogens with one attached hydrogen (secondary N) is 1. The van der Waals surface area contributed by atoms with Gasteiger partial charge in [0.2, 0.25) is 17.7 Å². The molecule has 2 saturated heterocycles. The van der Waals surface area contributed by atoms with Crippen LogP contribution in [0.5, 0.6) is 0 Å². The van der Waals surface area contributed by atoms with E-state index in [1.54, 1.807) is 4.90 Å². The number of aryl methyl sites for hydroxylation is 1. The van der Waals surface area contributed by atoms with Crippen molar-refractivity contribution in [3.63, 3.8) is 0 Å². The zero-order valence-electron chi connectivity index (χ0n) is 19.2. The molecule has 7 nitrogen and oxygen atoms in total. The SMILES string of the molecule is CCc1ccc(N2CC(C(=O)N3CCN(CC(=O)NCc4ccccc4)CC3)CC2=O)cc1. The highest BCUT2D eigenvalue weighted by Gasteiger charge is 2.38. The fourth-order valence-corrected chi connectivity index (χ4v) is 4.47. The van der Waals surface area contributed by atoms with E-state index in [1.165, 1.54) is 5.56 Å². The Morgan fingerprint density at radius 3 is 2.30 bits per heavy atom. The van der Waals surface area contributed by atoms with Gasteiger partial charge in [-0.25, -0.2) is 0 Å². The fraction of sp³-hybridized carbons (Fsp3) is 0.423. The Labute approximate surface area is 195 Å². The van der Waals surface area contributed by atoms with Gasteiger partial charge in [-0.2, -0.15) is 0 Å². The summed E-state index contributed by atoms with van der Waals surface area (Å²) >= 11 is 0. The van der Waals surface area contributed by atoms with Crippen LogP contribution < -0.4 is 10.2 Å². The minimum absolute atomic E-state index is 0.00585. The molecule has 2 aliphatic heterocycles. The number of carbonyl (C=O) groups excluding carboxylic acids is 3. The summed E-state index contributed by atoms with van der Waals surface area (Å²) in [5, 5.41) is 2.95. The van der Waals surface area contributed by atoms with Crippen LogP contribution in [0.3, 0.4) is 0 Å². The standard InChI is InChI=1S/C26H32N4O3/c1-2-20-8-10-23(11-9-20)30-18-22(16-25(30)32)26(33)29-14-12-28(13-15-29)19-24(31)27-17-21-6-4-3-5-7-21/h3-11,22H,2,12-19H2,1H3,(H,27,31). The molecule has 33 heavy (non-hydrogen) atoms. The van der Waals surface area contributed by atoms with Crippen molar-refractivity contribution in [2.75, 3.05) is 44.2 Å². The third-order valence-corrected chi connectivity index (χ3v) is 6.51. The lowest BCUT2D eigenvalue weighted by Crippen LogP contribution is -2.52. The maximum Gasteiger partial charge on any atom is 0.234 e. The second kappa shape index (κ2) is 10.6. The van der Waals surface area contributed by atoms with Gasteiger partial charge < -0.3 is 15.1 Å². The first-order valence-corrected chi connectivity index (χ1v) is 11.7. The average Bonchev–Trinajstić information content (AvgIpc) is 3.25. The van der Waals surface area contributed by atoms with Crippen LogP contribution in [0.2, 0.25) is 0 Å². The van der Waals surface area contributed by atoms with Crippen molar-refractivity contribution in [2.24, 2.45) is 5.92 Å². The van der Waals surface area contributed by atoms with Gasteiger partial charge in [0.25, 0.3) is 0 Å². The molecule has 2 aromatic rings. The predicted octanol–water partition coefficient (Wildman–Crippen LogP) is 2.06. The molecule has 0 bridgehead atoms. The first-order valence-electron chi connectivity index (χ1n) is 11.7. The summed E-state index contributed by atoms with van der Waals surface area (Å²) < 4.78 is 0. The molecule has 2 aromatic carbocycles. The monoisotopic (exact) mass is 448 g/mol. The van der Waals surface area contributed by atoms with E-state index in [0.717, 1.165) is 17.7 Å². The highest BCUT2D eigenvalue weighted by molar-refractivity contribution is 6.00. The highest BCUT2D eigenvalue weighted by atomic mass is 16.2. The average molecular weight is 449 g/mol. The van der Waals surface area contributed by atoms with E-state index >= 15 is 0 Å². The molecular formula is C26H32N4O3. The van der Waals surface area contributed by atoms with Gasteiger partial charge in [0.1, 0.15) is 0 Å². The molecule has 3 amide bonds. The van der Waals surface area contributed by atoms with Crippen LogP contribution in [0.15, 0.2) is 54.6 Å². The third-order valence-electron chi connectivity index (χ3n) is 6.51. The molecule has 4 rings (SSSR count). The number of piperazine rings is 1. The van der Waals surface area contributed by atoms with Crippen molar-refractivity contribution >= 4 is 23.4 Å². The van der Waals surface area contributed by atoms with Crippen LogP contribution in [0.4, 0.5) is 5.69 Å². The Bertz CT molecular complexity index is 969. The van der Waals surface area contributed by atoms with E-state index in [-0.39, 0.29) is 30.1 Å². The lowest BCUT2D eigenvalue weighted by atomic mass is 10.1. The lowest BCUT2D eigenvalue weighted by Gasteiger charge is -2.35. The fourth-order valence-electron chi connectivity index (χ4n) is 4.47. The van der Waals surface area contributed by atoms with Crippen molar-refractivity contribution in [3.05, 3.63) is 65.7 Å². The van der Waals surface area contributed by atoms with Gasteiger partial charge in [-0.15, -0.1) is 0 Å². The van der Waals surface area contributed by atoms with Crippen LogP contribution in [-0.2, 0) is 27.3 Å². The first kappa shape index (κ1) is 23.0. The molecule has 174 valence electrons. The van der Waals surface area contributed by atoms with E-state index in [0.29, 0.717) is 45.8 Å². The molecule has 0 spiro atoms. The Kier molecular flexibility index (Phi) is 7.40. The van der Waals surface area contributed by atoms with E-state index in [2.05, 4.69) is 17.1 Å². The summed E-state index contributed by atoms with van der Waals surface area (Å²) in [5.74, 6) is -0.260. The molecule has 1 unspecified atom stereocenters. The topological polar surface area (TPSA) is 73.0 Å². The molecule has 0 aromatic heterocycles. The van der Waals surface area contributed by atoms with Gasteiger partial charge in [0.15, 0.2) is 0 Å². The summed E-state index contributed by atoms with van der Waals surface area (Å²) in [6.45, 7) is 5.87. The largest absolute Gasteiger partial charge is 0.351 e. The molecule has 0 aliphatic carbocycles. The Morgan fingerprint density at radius 1 is 0.939 bits per heavy atom. The zero-order chi connectivity index (χ0) is 23.2. The molecule has 1 N–H and O–H groups in total. The summed E-state index contributed by atoms with van der Waals surface area (Å²) in [6.07, 6.45) is 1.21.